The molecule has 0 aromatic carbocycles. The predicted molar refractivity (Wildman–Crippen MR) is 67.6 cm³/mol. The van der Waals surface area contributed by atoms with Crippen molar-refractivity contribution in [2.75, 3.05) is 0 Å². The summed E-state index contributed by atoms with van der Waals surface area (Å²) in [5.41, 5.74) is 0. The van der Waals surface area contributed by atoms with E-state index in [1.165, 1.54) is 0 Å². The second kappa shape index (κ2) is 6.21. The summed E-state index contributed by atoms with van der Waals surface area (Å²) < 4.78 is 13.0. The van der Waals surface area contributed by atoms with E-state index in [0.29, 0.717) is 44.9 Å². The maximum atomic E-state index is 13.0. The van der Waals surface area contributed by atoms with Gasteiger partial charge in [0.1, 0.15) is 6.17 Å². The Morgan fingerprint density at radius 2 is 1.53 bits per heavy atom. The first-order valence-corrected chi connectivity index (χ1v) is 6.98. The van der Waals surface area contributed by atoms with Crippen LogP contribution in [-0.4, -0.2) is 35.4 Å². The summed E-state index contributed by atoms with van der Waals surface area (Å²) in [7, 11) is 0. The van der Waals surface area contributed by atoms with Gasteiger partial charge in [0.2, 0.25) is 0 Å². The van der Waals surface area contributed by atoms with Crippen LogP contribution in [0.3, 0.4) is 0 Å². The topological polar surface area (TPSA) is 78.4 Å². The lowest BCUT2D eigenvalue weighted by Gasteiger charge is -2.27. The molecule has 0 saturated heterocycles. The second-order valence-electron chi connectivity index (χ2n) is 5.61. The van der Waals surface area contributed by atoms with Gasteiger partial charge in [-0.2, -0.15) is 0 Å². The van der Waals surface area contributed by atoms with Crippen LogP contribution in [-0.2, 0) is 4.79 Å². The Morgan fingerprint density at radius 1 is 0.947 bits per heavy atom. The molecule has 0 heterocycles. The summed E-state index contributed by atoms with van der Waals surface area (Å²) in [6.07, 6.45) is 3.43. The molecule has 0 aliphatic heterocycles. The SMILES string of the molecule is O=C(NC1CCC(C(=O)O)CC1)NC1CCC(F)C1. The monoisotopic (exact) mass is 272 g/mol. The fourth-order valence-electron chi connectivity index (χ4n) is 2.95. The van der Waals surface area contributed by atoms with Crippen LogP contribution >= 0.6 is 0 Å². The van der Waals surface area contributed by atoms with E-state index >= 15 is 0 Å². The number of aliphatic carboxylic acids is 1. The van der Waals surface area contributed by atoms with Gasteiger partial charge in [0.25, 0.3) is 0 Å². The molecule has 3 N–H and O–H groups in total. The van der Waals surface area contributed by atoms with E-state index in [4.69, 9.17) is 5.11 Å². The van der Waals surface area contributed by atoms with Crippen LogP contribution in [0.15, 0.2) is 0 Å². The summed E-state index contributed by atoms with van der Waals surface area (Å²) in [5.74, 6) is -1.02. The van der Waals surface area contributed by atoms with Crippen molar-refractivity contribution in [3.05, 3.63) is 0 Å². The molecule has 2 unspecified atom stereocenters. The van der Waals surface area contributed by atoms with Crippen molar-refractivity contribution in [1.29, 1.82) is 0 Å². The molecule has 108 valence electrons. The minimum atomic E-state index is -0.795. The van der Waals surface area contributed by atoms with Gasteiger partial charge in [-0.15, -0.1) is 0 Å². The molecule has 2 atom stereocenters. The molecule has 2 rings (SSSR count). The number of carboxylic acids is 1. The third-order valence-electron chi connectivity index (χ3n) is 4.12. The highest BCUT2D eigenvalue weighted by molar-refractivity contribution is 5.74. The summed E-state index contributed by atoms with van der Waals surface area (Å²) >= 11 is 0. The van der Waals surface area contributed by atoms with Gasteiger partial charge < -0.3 is 15.7 Å². The number of carbonyl (C=O) groups is 2. The third-order valence-corrected chi connectivity index (χ3v) is 4.12. The zero-order chi connectivity index (χ0) is 13.8. The lowest BCUT2D eigenvalue weighted by molar-refractivity contribution is -0.142. The Morgan fingerprint density at radius 3 is 2.05 bits per heavy atom. The number of amides is 2. The first-order valence-electron chi connectivity index (χ1n) is 6.98. The third kappa shape index (κ3) is 4.08. The molecule has 2 amide bonds. The number of alkyl halides is 1. The zero-order valence-corrected chi connectivity index (χ0v) is 10.9. The van der Waals surface area contributed by atoms with E-state index in [9.17, 15) is 14.0 Å². The maximum absolute atomic E-state index is 13.0. The molecule has 2 fully saturated rings. The van der Waals surface area contributed by atoms with Crippen LogP contribution in [0.2, 0.25) is 0 Å². The average Bonchev–Trinajstić information content (AvgIpc) is 2.75. The van der Waals surface area contributed by atoms with Gasteiger partial charge in [0.15, 0.2) is 0 Å². The van der Waals surface area contributed by atoms with Crippen molar-refractivity contribution < 1.29 is 19.1 Å². The van der Waals surface area contributed by atoms with Crippen LogP contribution < -0.4 is 10.6 Å². The average molecular weight is 272 g/mol. The van der Waals surface area contributed by atoms with Gasteiger partial charge in [0, 0.05) is 12.1 Å². The molecule has 0 aromatic rings. The fraction of sp³-hybridized carbons (Fsp3) is 0.846. The minimum Gasteiger partial charge on any atom is -0.481 e. The molecule has 2 saturated carbocycles. The Bertz CT molecular complexity index is 343. The van der Waals surface area contributed by atoms with Gasteiger partial charge >= 0.3 is 12.0 Å². The number of halogens is 1. The molecule has 2 aliphatic carbocycles. The summed E-state index contributed by atoms with van der Waals surface area (Å²) in [6, 6.07) is -0.276. The summed E-state index contributed by atoms with van der Waals surface area (Å²) in [5, 5.41) is 14.5. The van der Waals surface area contributed by atoms with Crippen molar-refractivity contribution in [3.8, 4) is 0 Å². The van der Waals surface area contributed by atoms with Crippen LogP contribution in [0.5, 0.6) is 0 Å². The molecule has 0 bridgehead atoms. The smallest absolute Gasteiger partial charge is 0.315 e. The normalized spacial score (nSPS) is 34.8. The standard InChI is InChI=1S/C13H21FN2O3/c14-9-3-6-11(7-9)16-13(19)15-10-4-1-8(2-5-10)12(17)18/h8-11H,1-7H2,(H,17,18)(H2,15,16,19). The van der Waals surface area contributed by atoms with E-state index in [2.05, 4.69) is 10.6 Å². The van der Waals surface area contributed by atoms with Gasteiger partial charge in [-0.25, -0.2) is 9.18 Å². The van der Waals surface area contributed by atoms with E-state index in [0.717, 1.165) is 0 Å². The highest BCUT2D eigenvalue weighted by Gasteiger charge is 2.28. The van der Waals surface area contributed by atoms with Gasteiger partial charge in [-0.3, -0.25) is 4.79 Å². The lowest BCUT2D eigenvalue weighted by Crippen LogP contribution is -2.47. The highest BCUT2D eigenvalue weighted by atomic mass is 19.1. The number of carboxylic acid groups (broad SMARTS) is 1. The van der Waals surface area contributed by atoms with E-state index in [1.54, 1.807) is 0 Å². The Labute approximate surface area is 111 Å². The van der Waals surface area contributed by atoms with Gasteiger partial charge in [0.05, 0.1) is 5.92 Å². The second-order valence-corrected chi connectivity index (χ2v) is 5.61. The Kier molecular flexibility index (Phi) is 4.61. The number of hydrogen-bond acceptors (Lipinski definition) is 2. The van der Waals surface area contributed by atoms with Crippen LogP contribution in [0.1, 0.15) is 44.9 Å². The van der Waals surface area contributed by atoms with Crippen molar-refractivity contribution in [1.82, 2.24) is 10.6 Å². The molecule has 0 radical (unpaired) electrons. The molecule has 0 aromatic heterocycles. The lowest BCUT2D eigenvalue weighted by atomic mass is 9.86. The zero-order valence-electron chi connectivity index (χ0n) is 10.9. The number of carbonyl (C=O) groups excluding carboxylic acids is 1. The molecule has 5 nitrogen and oxygen atoms in total. The predicted octanol–water partition coefficient (Wildman–Crippen LogP) is 1.82. The largest absolute Gasteiger partial charge is 0.481 e. The van der Waals surface area contributed by atoms with Crippen LogP contribution in [0, 0.1) is 5.92 Å². The molecule has 6 heteroatoms. The van der Waals surface area contributed by atoms with Gasteiger partial charge in [-0.1, -0.05) is 0 Å². The highest BCUT2D eigenvalue weighted by Crippen LogP contribution is 2.25. The van der Waals surface area contributed by atoms with Crippen molar-refractivity contribution in [2.24, 2.45) is 5.92 Å². The number of urea groups is 1. The molecule has 19 heavy (non-hydrogen) atoms. The molecular weight excluding hydrogens is 251 g/mol. The number of hydrogen-bond donors (Lipinski definition) is 3. The summed E-state index contributed by atoms with van der Waals surface area (Å²) in [6.45, 7) is 0. The number of nitrogens with one attached hydrogen (secondary N) is 2. The molecular formula is C13H21FN2O3. The molecule has 2 aliphatic rings. The van der Waals surface area contributed by atoms with Crippen molar-refractivity contribution in [2.45, 2.75) is 63.2 Å². The number of rotatable bonds is 3. The van der Waals surface area contributed by atoms with E-state index in [-0.39, 0.29) is 24.0 Å². The van der Waals surface area contributed by atoms with Gasteiger partial charge in [-0.05, 0) is 44.9 Å². The van der Waals surface area contributed by atoms with Crippen LogP contribution in [0.4, 0.5) is 9.18 Å². The summed E-state index contributed by atoms with van der Waals surface area (Å²) in [4.78, 5) is 22.5. The van der Waals surface area contributed by atoms with E-state index in [1.807, 2.05) is 0 Å². The first-order chi connectivity index (χ1) is 9.04. The first kappa shape index (κ1) is 14.1. The van der Waals surface area contributed by atoms with Crippen LogP contribution in [0.25, 0.3) is 0 Å². The Balaban J connectivity index is 1.67. The molecule has 0 spiro atoms. The van der Waals surface area contributed by atoms with Crippen molar-refractivity contribution in [3.63, 3.8) is 0 Å². The van der Waals surface area contributed by atoms with E-state index < -0.39 is 12.1 Å². The maximum Gasteiger partial charge on any atom is 0.315 e. The fourth-order valence-corrected chi connectivity index (χ4v) is 2.95. The Hall–Kier alpha value is -1.33. The quantitative estimate of drug-likeness (QED) is 0.733. The van der Waals surface area contributed by atoms with Crippen molar-refractivity contribution >= 4 is 12.0 Å². The minimum absolute atomic E-state index is 0.0400.